The maximum absolute atomic E-state index is 12.8. The van der Waals surface area contributed by atoms with Crippen LogP contribution in [-0.4, -0.2) is 0 Å². The Hall–Kier alpha value is -1.42. The van der Waals surface area contributed by atoms with Crippen molar-refractivity contribution in [1.82, 2.24) is 0 Å². The molecule has 0 unspecified atom stereocenters. The highest BCUT2D eigenvalue weighted by atomic mass is 32.2. The highest BCUT2D eigenvalue weighted by molar-refractivity contribution is 7.98. The van der Waals surface area contributed by atoms with E-state index in [0.717, 1.165) is 16.5 Å². The zero-order chi connectivity index (χ0) is 17.3. The summed E-state index contributed by atoms with van der Waals surface area (Å²) in [5.41, 5.74) is 2.53. The molecule has 2 rings (SSSR count). The average molecular weight is 338 g/mol. The lowest BCUT2D eigenvalue weighted by Crippen LogP contribution is -2.11. The molecule has 0 amide bonds. The second-order valence-electron chi connectivity index (χ2n) is 6.72. The van der Waals surface area contributed by atoms with Crippen molar-refractivity contribution in [2.45, 2.75) is 49.9 Å². The first-order chi connectivity index (χ1) is 10.6. The van der Waals surface area contributed by atoms with E-state index in [1.54, 1.807) is 17.8 Å². The molecular weight excluding hydrogens is 317 g/mol. The molecule has 0 atom stereocenters. The third kappa shape index (κ3) is 4.77. The van der Waals surface area contributed by atoms with Crippen molar-refractivity contribution in [2.24, 2.45) is 0 Å². The molecule has 0 aromatic heterocycles. The van der Waals surface area contributed by atoms with Crippen LogP contribution in [-0.2, 0) is 17.3 Å². The summed E-state index contributed by atoms with van der Waals surface area (Å²) < 4.78 is 38.3. The van der Waals surface area contributed by atoms with Gasteiger partial charge in [0.05, 0.1) is 5.56 Å². The third-order valence-electron chi connectivity index (χ3n) is 3.70. The topological polar surface area (TPSA) is 0 Å². The molecule has 124 valence electrons. The number of thioether (sulfide) groups is 1. The smallest absolute Gasteiger partial charge is 0.166 e. The predicted molar refractivity (Wildman–Crippen MR) is 90.9 cm³/mol. The first-order valence-corrected chi connectivity index (χ1v) is 8.46. The second kappa shape index (κ2) is 6.60. The van der Waals surface area contributed by atoms with Crippen molar-refractivity contribution in [2.75, 3.05) is 0 Å². The van der Waals surface area contributed by atoms with Gasteiger partial charge in [0.15, 0.2) is 0 Å². The first kappa shape index (κ1) is 17.9. The summed E-state index contributed by atoms with van der Waals surface area (Å²) >= 11 is 1.58. The van der Waals surface area contributed by atoms with Gasteiger partial charge in [-0.15, -0.1) is 11.8 Å². The largest absolute Gasteiger partial charge is 0.416 e. The Balaban J connectivity index is 2.18. The molecule has 0 aliphatic carbocycles. The Labute approximate surface area is 140 Å². The third-order valence-corrected chi connectivity index (χ3v) is 4.93. The first-order valence-electron chi connectivity index (χ1n) is 7.47. The van der Waals surface area contributed by atoms with Gasteiger partial charge < -0.3 is 0 Å². The van der Waals surface area contributed by atoms with E-state index in [2.05, 4.69) is 39.0 Å². The van der Waals surface area contributed by atoms with Crippen molar-refractivity contribution < 1.29 is 13.2 Å². The highest BCUT2D eigenvalue weighted by Crippen LogP contribution is 2.33. The summed E-state index contributed by atoms with van der Waals surface area (Å²) in [6, 6.07) is 11.9. The van der Waals surface area contributed by atoms with Gasteiger partial charge in [-0.3, -0.25) is 0 Å². The number of alkyl halides is 3. The summed E-state index contributed by atoms with van der Waals surface area (Å²) in [5, 5.41) is 0. The van der Waals surface area contributed by atoms with E-state index in [9.17, 15) is 13.2 Å². The van der Waals surface area contributed by atoms with Crippen molar-refractivity contribution in [3.05, 3.63) is 64.7 Å². The van der Waals surface area contributed by atoms with Crippen LogP contribution in [0.1, 0.15) is 43.0 Å². The highest BCUT2D eigenvalue weighted by Gasteiger charge is 2.30. The summed E-state index contributed by atoms with van der Waals surface area (Å²) in [7, 11) is 0. The quantitative estimate of drug-likeness (QED) is 0.568. The van der Waals surface area contributed by atoms with Gasteiger partial charge >= 0.3 is 6.18 Å². The molecule has 0 spiro atoms. The Morgan fingerprint density at radius 2 is 1.61 bits per heavy atom. The fraction of sp³-hybridized carbons (Fsp3) is 0.368. The summed E-state index contributed by atoms with van der Waals surface area (Å²) in [6.45, 7) is 8.48. The van der Waals surface area contributed by atoms with Crippen LogP contribution in [0, 0.1) is 6.92 Å². The minimum absolute atomic E-state index is 0.0548. The molecule has 0 saturated heterocycles. The van der Waals surface area contributed by atoms with Crippen LogP contribution in [0.2, 0.25) is 0 Å². The van der Waals surface area contributed by atoms with Gasteiger partial charge in [-0.1, -0.05) is 51.1 Å². The fourth-order valence-electron chi connectivity index (χ4n) is 2.22. The second-order valence-corrected chi connectivity index (χ2v) is 7.73. The molecule has 0 aliphatic heterocycles. The SMILES string of the molecule is Cc1ccc(C(C)(C)C)cc1SCc1cccc(C(F)(F)F)c1. The van der Waals surface area contributed by atoms with E-state index in [-0.39, 0.29) is 5.41 Å². The van der Waals surface area contributed by atoms with E-state index < -0.39 is 11.7 Å². The monoisotopic (exact) mass is 338 g/mol. The zero-order valence-corrected chi connectivity index (χ0v) is 14.6. The predicted octanol–water partition coefficient (Wildman–Crippen LogP) is 6.60. The molecule has 0 bridgehead atoms. The fourth-order valence-corrected chi connectivity index (χ4v) is 3.23. The van der Waals surface area contributed by atoms with E-state index in [0.29, 0.717) is 11.3 Å². The van der Waals surface area contributed by atoms with E-state index in [1.165, 1.54) is 17.7 Å². The number of halogens is 3. The normalized spacial score (nSPS) is 12.5. The lowest BCUT2D eigenvalue weighted by molar-refractivity contribution is -0.137. The van der Waals surface area contributed by atoms with E-state index in [4.69, 9.17) is 0 Å². The Kier molecular flexibility index (Phi) is 5.14. The molecule has 0 heterocycles. The van der Waals surface area contributed by atoms with Crippen LogP contribution >= 0.6 is 11.8 Å². The number of hydrogen-bond donors (Lipinski definition) is 0. The Bertz CT molecular complexity index is 682. The van der Waals surface area contributed by atoms with Gasteiger partial charge in [-0.05, 0) is 41.2 Å². The lowest BCUT2D eigenvalue weighted by Gasteiger charge is -2.20. The van der Waals surface area contributed by atoms with Crippen LogP contribution in [0.25, 0.3) is 0 Å². The standard InChI is InChI=1S/C19H21F3S/c1-13-8-9-15(18(2,3)4)11-17(13)23-12-14-6-5-7-16(10-14)19(20,21)22/h5-11H,12H2,1-4H3. The number of benzene rings is 2. The molecule has 0 saturated carbocycles. The molecule has 0 radical (unpaired) electrons. The average Bonchev–Trinajstić information content (AvgIpc) is 2.44. The van der Waals surface area contributed by atoms with Gasteiger partial charge in [0.25, 0.3) is 0 Å². The zero-order valence-electron chi connectivity index (χ0n) is 13.8. The molecular formula is C19H21F3S. The maximum atomic E-state index is 12.8. The molecule has 2 aromatic carbocycles. The van der Waals surface area contributed by atoms with Gasteiger partial charge in [-0.25, -0.2) is 0 Å². The van der Waals surface area contributed by atoms with Crippen molar-refractivity contribution >= 4 is 11.8 Å². The molecule has 0 nitrogen and oxygen atoms in total. The molecule has 2 aromatic rings. The van der Waals surface area contributed by atoms with E-state index in [1.807, 2.05) is 6.92 Å². The van der Waals surface area contributed by atoms with Gasteiger partial charge in [-0.2, -0.15) is 13.2 Å². The minimum atomic E-state index is -4.29. The van der Waals surface area contributed by atoms with Crippen molar-refractivity contribution in [3.63, 3.8) is 0 Å². The number of hydrogen-bond acceptors (Lipinski definition) is 1. The Morgan fingerprint density at radius 1 is 0.913 bits per heavy atom. The van der Waals surface area contributed by atoms with Crippen molar-refractivity contribution in [1.29, 1.82) is 0 Å². The van der Waals surface area contributed by atoms with Crippen LogP contribution in [0.5, 0.6) is 0 Å². The molecule has 0 N–H and O–H groups in total. The summed E-state index contributed by atoms with van der Waals surface area (Å²) in [4.78, 5) is 1.12. The summed E-state index contributed by atoms with van der Waals surface area (Å²) in [6.07, 6.45) is -4.29. The summed E-state index contributed by atoms with van der Waals surface area (Å²) in [5.74, 6) is 0.526. The van der Waals surface area contributed by atoms with Crippen LogP contribution in [0.4, 0.5) is 13.2 Å². The van der Waals surface area contributed by atoms with Crippen LogP contribution in [0.3, 0.4) is 0 Å². The van der Waals surface area contributed by atoms with Gasteiger partial charge in [0, 0.05) is 10.6 Å². The molecule has 4 heteroatoms. The molecule has 0 fully saturated rings. The Morgan fingerprint density at radius 3 is 2.22 bits per heavy atom. The minimum Gasteiger partial charge on any atom is -0.166 e. The van der Waals surface area contributed by atoms with Crippen LogP contribution < -0.4 is 0 Å². The molecule has 23 heavy (non-hydrogen) atoms. The number of aryl methyl sites for hydroxylation is 1. The van der Waals surface area contributed by atoms with Gasteiger partial charge in [0.2, 0.25) is 0 Å². The van der Waals surface area contributed by atoms with Crippen LogP contribution in [0.15, 0.2) is 47.4 Å². The maximum Gasteiger partial charge on any atom is 0.416 e. The van der Waals surface area contributed by atoms with Crippen molar-refractivity contribution in [3.8, 4) is 0 Å². The molecule has 0 aliphatic rings. The lowest BCUT2D eigenvalue weighted by atomic mass is 9.87. The number of rotatable bonds is 3. The van der Waals surface area contributed by atoms with Gasteiger partial charge in [0.1, 0.15) is 0 Å². The van der Waals surface area contributed by atoms with E-state index >= 15 is 0 Å².